The van der Waals surface area contributed by atoms with Crippen LogP contribution in [0.3, 0.4) is 0 Å². The Morgan fingerprint density at radius 3 is 2.86 bits per heavy atom. The molecule has 0 radical (unpaired) electrons. The van der Waals surface area contributed by atoms with Crippen LogP contribution in [0.2, 0.25) is 5.02 Å². The SMILES string of the molecule is Cl.NC1CCc2c(Cl)cccc2C1=O. The van der Waals surface area contributed by atoms with Crippen LogP contribution < -0.4 is 5.73 Å². The molecule has 0 saturated heterocycles. The van der Waals surface area contributed by atoms with E-state index in [2.05, 4.69) is 0 Å². The topological polar surface area (TPSA) is 43.1 Å². The second-order valence-electron chi connectivity index (χ2n) is 3.28. The van der Waals surface area contributed by atoms with E-state index in [1.807, 2.05) is 6.07 Å². The molecule has 0 aliphatic heterocycles. The molecule has 2 rings (SSSR count). The van der Waals surface area contributed by atoms with E-state index < -0.39 is 0 Å². The van der Waals surface area contributed by atoms with E-state index in [1.165, 1.54) is 0 Å². The third-order valence-electron chi connectivity index (χ3n) is 2.43. The standard InChI is InChI=1S/C10H10ClNO.ClH/c11-8-3-1-2-7-6(8)4-5-9(12)10(7)13;/h1-3,9H,4-5,12H2;1H. The summed E-state index contributed by atoms with van der Waals surface area (Å²) in [5.74, 6) is 0.0174. The van der Waals surface area contributed by atoms with Crippen LogP contribution in [0.1, 0.15) is 22.3 Å². The fourth-order valence-corrected chi connectivity index (χ4v) is 1.94. The fraction of sp³-hybridized carbons (Fsp3) is 0.300. The Hall–Kier alpha value is -0.570. The zero-order valence-electron chi connectivity index (χ0n) is 7.50. The van der Waals surface area contributed by atoms with Crippen molar-refractivity contribution in [3.63, 3.8) is 0 Å². The number of benzene rings is 1. The van der Waals surface area contributed by atoms with Gasteiger partial charge in [0.05, 0.1) is 6.04 Å². The molecule has 1 aromatic carbocycles. The van der Waals surface area contributed by atoms with Crippen molar-refractivity contribution in [1.29, 1.82) is 0 Å². The maximum absolute atomic E-state index is 11.6. The van der Waals surface area contributed by atoms with Gasteiger partial charge in [0.15, 0.2) is 5.78 Å². The van der Waals surface area contributed by atoms with Crippen LogP contribution in [0.15, 0.2) is 18.2 Å². The number of hydrogen-bond acceptors (Lipinski definition) is 2. The van der Waals surface area contributed by atoms with Gasteiger partial charge in [-0.15, -0.1) is 12.4 Å². The van der Waals surface area contributed by atoms with Gasteiger partial charge in [0.25, 0.3) is 0 Å². The van der Waals surface area contributed by atoms with E-state index in [1.54, 1.807) is 12.1 Å². The summed E-state index contributed by atoms with van der Waals surface area (Å²) >= 11 is 5.96. The summed E-state index contributed by atoms with van der Waals surface area (Å²) in [6.07, 6.45) is 1.51. The lowest BCUT2D eigenvalue weighted by Gasteiger charge is -2.20. The van der Waals surface area contributed by atoms with Crippen molar-refractivity contribution < 1.29 is 4.79 Å². The predicted octanol–water partition coefficient (Wildman–Crippen LogP) is 2.22. The van der Waals surface area contributed by atoms with E-state index in [0.29, 0.717) is 17.0 Å². The molecule has 4 heteroatoms. The van der Waals surface area contributed by atoms with Crippen molar-refractivity contribution in [1.82, 2.24) is 0 Å². The summed E-state index contributed by atoms with van der Waals surface area (Å²) in [6.45, 7) is 0. The lowest BCUT2D eigenvalue weighted by atomic mass is 9.88. The summed E-state index contributed by atoms with van der Waals surface area (Å²) in [4.78, 5) is 11.6. The number of ketones is 1. The summed E-state index contributed by atoms with van der Waals surface area (Å²) in [7, 11) is 0. The minimum Gasteiger partial charge on any atom is -0.321 e. The third kappa shape index (κ3) is 1.78. The summed E-state index contributed by atoms with van der Waals surface area (Å²) in [5, 5.41) is 0.678. The van der Waals surface area contributed by atoms with Crippen LogP contribution >= 0.6 is 24.0 Å². The van der Waals surface area contributed by atoms with Crippen LogP contribution in [0.5, 0.6) is 0 Å². The highest BCUT2D eigenvalue weighted by Gasteiger charge is 2.25. The van der Waals surface area contributed by atoms with Crippen molar-refractivity contribution in [2.45, 2.75) is 18.9 Å². The average molecular weight is 232 g/mol. The largest absolute Gasteiger partial charge is 0.321 e. The molecular weight excluding hydrogens is 221 g/mol. The van der Waals surface area contributed by atoms with E-state index in [-0.39, 0.29) is 24.2 Å². The number of fused-ring (bicyclic) bond motifs is 1. The normalized spacial score (nSPS) is 19.9. The van der Waals surface area contributed by atoms with Crippen LogP contribution in [0.25, 0.3) is 0 Å². The second kappa shape index (κ2) is 4.30. The molecule has 0 heterocycles. The molecule has 0 saturated carbocycles. The molecule has 14 heavy (non-hydrogen) atoms. The van der Waals surface area contributed by atoms with Gasteiger partial charge in [-0.1, -0.05) is 23.7 Å². The summed E-state index contributed by atoms with van der Waals surface area (Å²) < 4.78 is 0. The van der Waals surface area contributed by atoms with Crippen molar-refractivity contribution in [3.8, 4) is 0 Å². The summed E-state index contributed by atoms with van der Waals surface area (Å²) in [6, 6.07) is 5.05. The Bertz CT molecular complexity index is 365. The van der Waals surface area contributed by atoms with Gasteiger partial charge in [-0.2, -0.15) is 0 Å². The van der Waals surface area contributed by atoms with Gasteiger partial charge in [0.2, 0.25) is 0 Å². The fourth-order valence-electron chi connectivity index (χ4n) is 1.67. The Morgan fingerprint density at radius 1 is 1.43 bits per heavy atom. The number of rotatable bonds is 0. The van der Waals surface area contributed by atoms with Crippen molar-refractivity contribution in [2.24, 2.45) is 5.73 Å². The molecule has 1 atom stereocenters. The molecule has 0 spiro atoms. The monoisotopic (exact) mass is 231 g/mol. The quantitative estimate of drug-likeness (QED) is 0.745. The van der Waals surface area contributed by atoms with E-state index in [9.17, 15) is 4.79 Å². The highest BCUT2D eigenvalue weighted by Crippen LogP contribution is 2.26. The molecule has 1 aromatic rings. The molecule has 76 valence electrons. The first-order valence-corrected chi connectivity index (χ1v) is 4.65. The molecule has 0 bridgehead atoms. The van der Waals surface area contributed by atoms with Gasteiger partial charge in [0.1, 0.15) is 0 Å². The van der Waals surface area contributed by atoms with E-state index in [0.717, 1.165) is 12.0 Å². The van der Waals surface area contributed by atoms with Crippen molar-refractivity contribution in [3.05, 3.63) is 34.3 Å². The third-order valence-corrected chi connectivity index (χ3v) is 2.78. The predicted molar refractivity (Wildman–Crippen MR) is 59.3 cm³/mol. The molecule has 1 aliphatic carbocycles. The first-order chi connectivity index (χ1) is 6.20. The number of carbonyl (C=O) groups is 1. The molecular formula is C10H11Cl2NO. The smallest absolute Gasteiger partial charge is 0.179 e. The average Bonchev–Trinajstić information content (AvgIpc) is 2.12. The lowest BCUT2D eigenvalue weighted by molar-refractivity contribution is 0.0948. The van der Waals surface area contributed by atoms with Crippen molar-refractivity contribution >= 4 is 29.8 Å². The number of halogens is 2. The van der Waals surface area contributed by atoms with E-state index in [4.69, 9.17) is 17.3 Å². The van der Waals surface area contributed by atoms with Crippen LogP contribution in [-0.4, -0.2) is 11.8 Å². The van der Waals surface area contributed by atoms with Gasteiger partial charge in [0, 0.05) is 10.6 Å². The molecule has 0 fully saturated rings. The molecule has 0 aromatic heterocycles. The zero-order valence-corrected chi connectivity index (χ0v) is 9.07. The summed E-state index contributed by atoms with van der Waals surface area (Å²) in [5.41, 5.74) is 7.31. The lowest BCUT2D eigenvalue weighted by Crippen LogP contribution is -2.35. The Labute approximate surface area is 93.8 Å². The van der Waals surface area contributed by atoms with Gasteiger partial charge in [-0.25, -0.2) is 0 Å². The Balaban J connectivity index is 0.000000980. The maximum atomic E-state index is 11.6. The van der Waals surface area contributed by atoms with Gasteiger partial charge >= 0.3 is 0 Å². The van der Waals surface area contributed by atoms with Gasteiger partial charge in [-0.05, 0) is 24.5 Å². The number of hydrogen-bond donors (Lipinski definition) is 1. The second-order valence-corrected chi connectivity index (χ2v) is 3.68. The number of nitrogens with two attached hydrogens (primary N) is 1. The first-order valence-electron chi connectivity index (χ1n) is 4.27. The van der Waals surface area contributed by atoms with Crippen LogP contribution in [0, 0.1) is 0 Å². The zero-order chi connectivity index (χ0) is 9.42. The molecule has 2 nitrogen and oxygen atoms in total. The van der Waals surface area contributed by atoms with Gasteiger partial charge in [-0.3, -0.25) is 4.79 Å². The minimum atomic E-state index is -0.342. The maximum Gasteiger partial charge on any atom is 0.179 e. The highest BCUT2D eigenvalue weighted by atomic mass is 35.5. The Morgan fingerprint density at radius 2 is 2.14 bits per heavy atom. The van der Waals surface area contributed by atoms with Crippen LogP contribution in [-0.2, 0) is 6.42 Å². The molecule has 0 amide bonds. The first kappa shape index (κ1) is 11.5. The molecule has 1 aliphatic rings. The van der Waals surface area contributed by atoms with Crippen molar-refractivity contribution in [2.75, 3.05) is 0 Å². The highest BCUT2D eigenvalue weighted by molar-refractivity contribution is 6.32. The number of carbonyl (C=O) groups excluding carboxylic acids is 1. The number of Topliss-reactive ketones (excluding diaryl/α,β-unsaturated/α-hetero) is 1. The molecule has 1 unspecified atom stereocenters. The molecule has 2 N–H and O–H groups in total. The Kier molecular flexibility index (Phi) is 3.53. The van der Waals surface area contributed by atoms with Crippen LogP contribution in [0.4, 0.5) is 0 Å². The van der Waals surface area contributed by atoms with Gasteiger partial charge < -0.3 is 5.73 Å². The minimum absolute atomic E-state index is 0. The van der Waals surface area contributed by atoms with E-state index >= 15 is 0 Å².